The normalized spacial score (nSPS) is 18.9. The van der Waals surface area contributed by atoms with E-state index in [0.29, 0.717) is 23.2 Å². The Labute approximate surface area is 122 Å². The highest BCUT2D eigenvalue weighted by molar-refractivity contribution is 6.30. The fourth-order valence-electron chi connectivity index (χ4n) is 2.75. The summed E-state index contributed by atoms with van der Waals surface area (Å²) in [5.41, 5.74) is 0.698. The second kappa shape index (κ2) is 5.86. The highest BCUT2D eigenvalue weighted by Crippen LogP contribution is 2.44. The lowest BCUT2D eigenvalue weighted by Gasteiger charge is -2.19. The van der Waals surface area contributed by atoms with Gasteiger partial charge in [0.1, 0.15) is 5.75 Å². The lowest BCUT2D eigenvalue weighted by Crippen LogP contribution is -2.32. The van der Waals surface area contributed by atoms with Gasteiger partial charge in [0.15, 0.2) is 0 Å². The second-order valence-corrected chi connectivity index (χ2v) is 6.15. The number of halogens is 3. The van der Waals surface area contributed by atoms with Crippen LogP contribution >= 0.6 is 11.6 Å². The van der Waals surface area contributed by atoms with Crippen molar-refractivity contribution >= 4 is 11.6 Å². The summed E-state index contributed by atoms with van der Waals surface area (Å²) in [6, 6.07) is 5.30. The molecule has 1 N–H and O–H groups in total. The van der Waals surface area contributed by atoms with Gasteiger partial charge in [-0.05, 0) is 55.7 Å². The van der Waals surface area contributed by atoms with Crippen LogP contribution in [-0.2, 0) is 6.54 Å². The topological polar surface area (TPSA) is 21.3 Å². The third-order valence-corrected chi connectivity index (χ3v) is 4.26. The van der Waals surface area contributed by atoms with Crippen LogP contribution in [0.2, 0.25) is 5.02 Å². The largest absolute Gasteiger partial charge is 0.434 e. The van der Waals surface area contributed by atoms with Crippen molar-refractivity contribution in [2.45, 2.75) is 44.9 Å². The summed E-state index contributed by atoms with van der Waals surface area (Å²) < 4.78 is 29.4. The van der Waals surface area contributed by atoms with Crippen LogP contribution in [0.15, 0.2) is 18.2 Å². The molecule has 0 aromatic heterocycles. The van der Waals surface area contributed by atoms with E-state index in [1.807, 2.05) is 0 Å². The molecule has 2 fully saturated rings. The molecule has 20 heavy (non-hydrogen) atoms. The number of hydrogen-bond acceptors (Lipinski definition) is 2. The second-order valence-electron chi connectivity index (χ2n) is 5.71. The molecule has 0 spiro atoms. The molecular weight excluding hydrogens is 284 g/mol. The highest BCUT2D eigenvalue weighted by atomic mass is 35.5. The van der Waals surface area contributed by atoms with Crippen molar-refractivity contribution in [2.75, 3.05) is 0 Å². The maximum atomic E-state index is 12.4. The van der Waals surface area contributed by atoms with Gasteiger partial charge in [-0.3, -0.25) is 0 Å². The number of rotatable bonds is 7. The van der Waals surface area contributed by atoms with Crippen molar-refractivity contribution in [3.05, 3.63) is 28.8 Å². The quantitative estimate of drug-likeness (QED) is 0.814. The van der Waals surface area contributed by atoms with Crippen LogP contribution < -0.4 is 10.1 Å². The Kier molecular flexibility index (Phi) is 4.13. The highest BCUT2D eigenvalue weighted by Gasteiger charge is 2.41. The van der Waals surface area contributed by atoms with Crippen LogP contribution in [0.25, 0.3) is 0 Å². The maximum Gasteiger partial charge on any atom is 0.387 e. The van der Waals surface area contributed by atoms with Crippen molar-refractivity contribution in [3.8, 4) is 5.75 Å². The smallest absolute Gasteiger partial charge is 0.387 e. The van der Waals surface area contributed by atoms with Crippen molar-refractivity contribution in [2.24, 2.45) is 11.8 Å². The fourth-order valence-corrected chi connectivity index (χ4v) is 2.95. The molecule has 0 aliphatic heterocycles. The van der Waals surface area contributed by atoms with Gasteiger partial charge in [-0.15, -0.1) is 0 Å². The van der Waals surface area contributed by atoms with Gasteiger partial charge in [-0.1, -0.05) is 11.6 Å². The van der Waals surface area contributed by atoms with E-state index in [4.69, 9.17) is 11.6 Å². The van der Waals surface area contributed by atoms with E-state index in [1.165, 1.54) is 31.7 Å². The molecule has 0 saturated heterocycles. The van der Waals surface area contributed by atoms with Crippen LogP contribution in [-0.4, -0.2) is 12.7 Å². The van der Waals surface area contributed by atoms with E-state index in [9.17, 15) is 8.78 Å². The molecule has 1 aromatic rings. The minimum atomic E-state index is -2.81. The van der Waals surface area contributed by atoms with Crippen molar-refractivity contribution in [1.82, 2.24) is 5.32 Å². The van der Waals surface area contributed by atoms with Crippen LogP contribution in [0.3, 0.4) is 0 Å². The average Bonchev–Trinajstić information content (AvgIpc) is 3.25. The molecule has 0 amide bonds. The van der Waals surface area contributed by atoms with E-state index < -0.39 is 6.61 Å². The summed E-state index contributed by atoms with van der Waals surface area (Å²) in [6.07, 6.45) is 5.13. The zero-order valence-electron chi connectivity index (χ0n) is 11.1. The number of benzene rings is 1. The van der Waals surface area contributed by atoms with Gasteiger partial charge in [0.2, 0.25) is 0 Å². The molecule has 5 heteroatoms. The summed E-state index contributed by atoms with van der Waals surface area (Å²) in [4.78, 5) is 0. The molecule has 2 nitrogen and oxygen atoms in total. The molecular formula is C15H18ClF2NO. The first-order chi connectivity index (χ1) is 9.63. The van der Waals surface area contributed by atoms with Crippen LogP contribution in [0.1, 0.15) is 31.2 Å². The Bertz CT molecular complexity index is 463. The zero-order valence-corrected chi connectivity index (χ0v) is 11.9. The van der Waals surface area contributed by atoms with Crippen LogP contribution in [0.5, 0.6) is 5.75 Å². The van der Waals surface area contributed by atoms with E-state index >= 15 is 0 Å². The molecule has 2 aliphatic carbocycles. The summed E-state index contributed by atoms with van der Waals surface area (Å²) in [5.74, 6) is 1.74. The summed E-state index contributed by atoms with van der Waals surface area (Å²) in [5, 5.41) is 4.06. The Morgan fingerprint density at radius 2 is 1.85 bits per heavy atom. The first-order valence-corrected chi connectivity index (χ1v) is 7.48. The van der Waals surface area contributed by atoms with Gasteiger partial charge in [0.25, 0.3) is 0 Å². The molecule has 1 aromatic carbocycles. The minimum absolute atomic E-state index is 0.210. The standard InChI is InChI=1S/C15H18ClF2NO/c16-12-5-6-13(20-15(17)18)11(7-12)8-19-14(9-1-2-9)10-3-4-10/h5-7,9-10,14-15,19H,1-4,8H2. The van der Waals surface area contributed by atoms with E-state index in [1.54, 1.807) is 12.1 Å². The number of hydrogen-bond donors (Lipinski definition) is 1. The van der Waals surface area contributed by atoms with Gasteiger partial charge in [-0.25, -0.2) is 0 Å². The first kappa shape index (κ1) is 14.1. The SMILES string of the molecule is FC(F)Oc1ccc(Cl)cc1CNC(C1CC1)C1CC1. The molecule has 110 valence electrons. The maximum absolute atomic E-state index is 12.4. The van der Waals surface area contributed by atoms with E-state index in [2.05, 4.69) is 10.1 Å². The molecule has 0 heterocycles. The lowest BCUT2D eigenvalue weighted by atomic mass is 10.1. The van der Waals surface area contributed by atoms with Gasteiger partial charge < -0.3 is 10.1 Å². The van der Waals surface area contributed by atoms with Crippen LogP contribution in [0.4, 0.5) is 8.78 Å². The number of alkyl halides is 2. The summed E-state index contributed by atoms with van der Waals surface area (Å²) in [6.45, 7) is -2.28. The Morgan fingerprint density at radius 1 is 1.20 bits per heavy atom. The van der Waals surface area contributed by atoms with E-state index in [-0.39, 0.29) is 5.75 Å². The van der Waals surface area contributed by atoms with E-state index in [0.717, 1.165) is 11.8 Å². The first-order valence-electron chi connectivity index (χ1n) is 7.10. The molecule has 0 unspecified atom stereocenters. The monoisotopic (exact) mass is 301 g/mol. The predicted molar refractivity (Wildman–Crippen MR) is 74.2 cm³/mol. The van der Waals surface area contributed by atoms with Crippen molar-refractivity contribution in [1.29, 1.82) is 0 Å². The predicted octanol–water partition coefficient (Wildman–Crippen LogP) is 4.22. The molecule has 0 atom stereocenters. The lowest BCUT2D eigenvalue weighted by molar-refractivity contribution is -0.0505. The van der Waals surface area contributed by atoms with Gasteiger partial charge in [-0.2, -0.15) is 8.78 Å². The molecule has 3 rings (SSSR count). The van der Waals surface area contributed by atoms with Crippen molar-refractivity contribution < 1.29 is 13.5 Å². The molecule has 2 aliphatic rings. The molecule has 0 radical (unpaired) electrons. The zero-order chi connectivity index (χ0) is 14.1. The van der Waals surface area contributed by atoms with Gasteiger partial charge >= 0.3 is 6.61 Å². The summed E-state index contributed by atoms with van der Waals surface area (Å²) >= 11 is 5.95. The third-order valence-electron chi connectivity index (χ3n) is 4.03. The Morgan fingerprint density at radius 3 is 2.40 bits per heavy atom. The molecule has 0 bridgehead atoms. The number of nitrogens with one attached hydrogen (secondary N) is 1. The summed E-state index contributed by atoms with van der Waals surface area (Å²) in [7, 11) is 0. The number of ether oxygens (including phenoxy) is 1. The fraction of sp³-hybridized carbons (Fsp3) is 0.600. The van der Waals surface area contributed by atoms with Crippen LogP contribution in [0, 0.1) is 11.8 Å². The van der Waals surface area contributed by atoms with Gasteiger partial charge in [0.05, 0.1) is 0 Å². The average molecular weight is 302 g/mol. The van der Waals surface area contributed by atoms with Gasteiger partial charge in [0, 0.05) is 23.2 Å². The van der Waals surface area contributed by atoms with Crippen molar-refractivity contribution in [3.63, 3.8) is 0 Å². The third kappa shape index (κ3) is 3.61. The Hall–Kier alpha value is -0.870. The Balaban J connectivity index is 1.66. The minimum Gasteiger partial charge on any atom is -0.434 e. The molecule has 2 saturated carbocycles.